The molecule has 0 fully saturated rings. The van der Waals surface area contributed by atoms with Crippen molar-refractivity contribution in [2.45, 2.75) is 12.8 Å². The number of halogens is 7. The first-order chi connectivity index (χ1) is 7.21. The Labute approximate surface area is 104 Å². The van der Waals surface area contributed by atoms with Gasteiger partial charge in [0, 0.05) is 8.95 Å². The van der Waals surface area contributed by atoms with Crippen LogP contribution in [0.4, 0.5) is 22.0 Å². The molecule has 0 heterocycles. The molecule has 0 aromatic heterocycles. The smallest absolute Gasteiger partial charge is 0.417 e. The first-order valence-corrected chi connectivity index (χ1v) is 5.31. The van der Waals surface area contributed by atoms with Crippen LogP contribution in [0.3, 0.4) is 0 Å². The molecule has 0 spiro atoms. The third-order valence-corrected chi connectivity index (χ3v) is 3.54. The summed E-state index contributed by atoms with van der Waals surface area (Å²) in [6.45, 7) is -3.17. The highest BCUT2D eigenvalue weighted by Gasteiger charge is 2.34. The summed E-state index contributed by atoms with van der Waals surface area (Å²) in [5.74, 6) is -0.558. The number of rotatable bonds is 2. The minimum absolute atomic E-state index is 0.0158. The maximum atomic E-state index is 12.5. The van der Waals surface area contributed by atoms with Gasteiger partial charge in [0.1, 0.15) is 5.75 Å². The van der Waals surface area contributed by atoms with Crippen molar-refractivity contribution in [3.63, 3.8) is 0 Å². The van der Waals surface area contributed by atoms with E-state index >= 15 is 0 Å². The summed E-state index contributed by atoms with van der Waals surface area (Å²) in [4.78, 5) is 0. The van der Waals surface area contributed by atoms with E-state index in [1.54, 1.807) is 0 Å². The van der Waals surface area contributed by atoms with E-state index in [-0.39, 0.29) is 8.95 Å². The van der Waals surface area contributed by atoms with Crippen LogP contribution in [0.5, 0.6) is 5.75 Å². The summed E-state index contributed by atoms with van der Waals surface area (Å²) in [5, 5.41) is 0. The van der Waals surface area contributed by atoms with E-state index < -0.39 is 24.1 Å². The van der Waals surface area contributed by atoms with Gasteiger partial charge < -0.3 is 4.74 Å². The van der Waals surface area contributed by atoms with Crippen LogP contribution in [-0.2, 0) is 6.18 Å². The summed E-state index contributed by atoms with van der Waals surface area (Å²) in [6, 6.07) is 1.52. The number of alkyl halides is 5. The van der Waals surface area contributed by atoms with Gasteiger partial charge in [-0.15, -0.1) is 0 Å². The molecule has 90 valence electrons. The highest BCUT2D eigenvalue weighted by atomic mass is 79.9. The minimum Gasteiger partial charge on any atom is -0.435 e. The molecule has 0 N–H and O–H groups in total. The van der Waals surface area contributed by atoms with Crippen molar-refractivity contribution in [1.29, 1.82) is 0 Å². The van der Waals surface area contributed by atoms with Crippen molar-refractivity contribution in [2.24, 2.45) is 0 Å². The molecule has 0 amide bonds. The van der Waals surface area contributed by atoms with Crippen LogP contribution in [0.1, 0.15) is 5.56 Å². The van der Waals surface area contributed by atoms with Crippen LogP contribution >= 0.6 is 31.9 Å². The summed E-state index contributed by atoms with van der Waals surface area (Å²) in [5.41, 5.74) is -1.09. The summed E-state index contributed by atoms with van der Waals surface area (Å²) in [7, 11) is 0. The van der Waals surface area contributed by atoms with Crippen LogP contribution < -0.4 is 4.74 Å². The van der Waals surface area contributed by atoms with E-state index in [2.05, 4.69) is 36.6 Å². The van der Waals surface area contributed by atoms with Gasteiger partial charge in [0.25, 0.3) is 0 Å². The Morgan fingerprint density at radius 2 is 1.69 bits per heavy atom. The lowest BCUT2D eigenvalue weighted by atomic mass is 10.2. The lowest BCUT2D eigenvalue weighted by Gasteiger charge is -2.13. The van der Waals surface area contributed by atoms with Gasteiger partial charge in [-0.1, -0.05) is 0 Å². The fraction of sp³-hybridized carbons (Fsp3) is 0.250. The molecule has 16 heavy (non-hydrogen) atoms. The van der Waals surface area contributed by atoms with Gasteiger partial charge in [0.2, 0.25) is 0 Å². The third kappa shape index (κ3) is 3.31. The molecule has 1 nitrogen and oxygen atoms in total. The van der Waals surface area contributed by atoms with Gasteiger partial charge in [0.05, 0.1) is 5.56 Å². The number of benzene rings is 1. The van der Waals surface area contributed by atoms with Crippen molar-refractivity contribution in [2.75, 3.05) is 0 Å². The molecule has 1 aromatic rings. The SMILES string of the molecule is FC(F)Oc1cc(Br)c(Br)c(C(F)(F)F)c1. The van der Waals surface area contributed by atoms with Crippen LogP contribution in [0.25, 0.3) is 0 Å². The summed E-state index contributed by atoms with van der Waals surface area (Å²) < 4.78 is 64.7. The van der Waals surface area contributed by atoms with Crippen LogP contribution in [0.15, 0.2) is 21.1 Å². The fourth-order valence-corrected chi connectivity index (χ4v) is 1.83. The molecule has 0 aliphatic rings. The zero-order valence-electron chi connectivity index (χ0n) is 7.29. The molecule has 1 aromatic carbocycles. The molecule has 0 aliphatic heterocycles. The number of ether oxygens (including phenoxy) is 1. The Kier molecular flexibility index (Phi) is 4.17. The van der Waals surface area contributed by atoms with Crippen LogP contribution in [-0.4, -0.2) is 6.61 Å². The molecule has 0 unspecified atom stereocenters. The first-order valence-electron chi connectivity index (χ1n) is 3.73. The second kappa shape index (κ2) is 4.87. The molecule has 0 bridgehead atoms. The molecule has 0 atom stereocenters. The van der Waals surface area contributed by atoms with E-state index in [1.165, 1.54) is 0 Å². The Morgan fingerprint density at radius 1 is 1.12 bits per heavy atom. The van der Waals surface area contributed by atoms with Crippen molar-refractivity contribution < 1.29 is 26.7 Å². The second-order valence-corrected chi connectivity index (χ2v) is 4.29. The quantitative estimate of drug-likeness (QED) is 0.678. The van der Waals surface area contributed by atoms with Gasteiger partial charge >= 0.3 is 12.8 Å². The maximum Gasteiger partial charge on any atom is 0.417 e. The first kappa shape index (κ1) is 13.7. The molecule has 0 saturated heterocycles. The van der Waals surface area contributed by atoms with E-state index in [9.17, 15) is 22.0 Å². The normalized spacial score (nSPS) is 12.0. The average Bonchev–Trinajstić information content (AvgIpc) is 2.08. The standard InChI is InChI=1S/C8H3Br2F5O/c9-5-2-3(16-7(11)12)1-4(6(5)10)8(13,14)15/h1-2,7H. The van der Waals surface area contributed by atoms with Crippen LogP contribution in [0.2, 0.25) is 0 Å². The summed E-state index contributed by atoms with van der Waals surface area (Å²) >= 11 is 5.51. The fourth-order valence-electron chi connectivity index (χ4n) is 0.941. The minimum atomic E-state index is -4.65. The lowest BCUT2D eigenvalue weighted by molar-refractivity contribution is -0.138. The van der Waals surface area contributed by atoms with E-state index in [4.69, 9.17) is 0 Å². The van der Waals surface area contributed by atoms with Gasteiger partial charge in [0.15, 0.2) is 0 Å². The predicted molar refractivity (Wildman–Crippen MR) is 53.5 cm³/mol. The Balaban J connectivity index is 3.23. The van der Waals surface area contributed by atoms with E-state index in [0.29, 0.717) is 6.07 Å². The topological polar surface area (TPSA) is 9.23 Å². The number of hydrogen-bond acceptors (Lipinski definition) is 1. The molecule has 8 heteroatoms. The summed E-state index contributed by atoms with van der Waals surface area (Å²) in [6.07, 6.45) is -4.65. The highest BCUT2D eigenvalue weighted by Crippen LogP contribution is 2.41. The van der Waals surface area contributed by atoms with Crippen molar-refractivity contribution in [3.05, 3.63) is 26.6 Å². The molecule has 0 aliphatic carbocycles. The maximum absolute atomic E-state index is 12.5. The zero-order chi connectivity index (χ0) is 12.5. The molecular weight excluding hydrogens is 367 g/mol. The van der Waals surface area contributed by atoms with Gasteiger partial charge in [-0.3, -0.25) is 0 Å². The monoisotopic (exact) mass is 368 g/mol. The number of hydrogen-bond donors (Lipinski definition) is 0. The Bertz CT molecular complexity index is 391. The van der Waals surface area contributed by atoms with Gasteiger partial charge in [-0.2, -0.15) is 22.0 Å². The lowest BCUT2D eigenvalue weighted by Crippen LogP contribution is -2.08. The molecule has 1 rings (SSSR count). The third-order valence-electron chi connectivity index (χ3n) is 1.53. The largest absolute Gasteiger partial charge is 0.435 e. The van der Waals surface area contributed by atoms with E-state index in [0.717, 1.165) is 6.07 Å². The van der Waals surface area contributed by atoms with Gasteiger partial charge in [-0.05, 0) is 44.0 Å². The van der Waals surface area contributed by atoms with Crippen LogP contribution in [0, 0.1) is 0 Å². The van der Waals surface area contributed by atoms with Crippen molar-refractivity contribution >= 4 is 31.9 Å². The molecule has 0 saturated carbocycles. The highest BCUT2D eigenvalue weighted by molar-refractivity contribution is 9.13. The van der Waals surface area contributed by atoms with Crippen molar-refractivity contribution in [1.82, 2.24) is 0 Å². The van der Waals surface area contributed by atoms with E-state index in [1.807, 2.05) is 0 Å². The predicted octanol–water partition coefficient (Wildman–Crippen LogP) is 4.83. The Hall–Kier alpha value is -0.370. The van der Waals surface area contributed by atoms with Crippen molar-refractivity contribution in [3.8, 4) is 5.75 Å². The molecule has 0 radical (unpaired) electrons. The van der Waals surface area contributed by atoms with Gasteiger partial charge in [-0.25, -0.2) is 0 Å². The second-order valence-electron chi connectivity index (χ2n) is 2.64. The molecular formula is C8H3Br2F5O. The Morgan fingerprint density at radius 3 is 2.12 bits per heavy atom. The zero-order valence-corrected chi connectivity index (χ0v) is 10.5. The average molecular weight is 370 g/mol.